The molecule has 0 radical (unpaired) electrons. The molecule has 9 nitrogen and oxygen atoms in total. The van der Waals surface area contributed by atoms with Gasteiger partial charge < -0.3 is 10.6 Å². The van der Waals surface area contributed by atoms with E-state index in [2.05, 4.69) is 15.7 Å². The lowest BCUT2D eigenvalue weighted by Crippen LogP contribution is -2.34. The number of nitrogens with zero attached hydrogens (tertiary/aromatic N) is 2. The lowest BCUT2D eigenvalue weighted by atomic mass is 10.1. The summed E-state index contributed by atoms with van der Waals surface area (Å²) in [6, 6.07) is 10.3. The molecule has 1 aromatic heterocycles. The van der Waals surface area contributed by atoms with E-state index >= 15 is 0 Å². The van der Waals surface area contributed by atoms with Gasteiger partial charge in [0, 0.05) is 28.9 Å². The number of carbonyl (C=O) groups excluding carboxylic acids is 2. The quantitative estimate of drug-likeness (QED) is 0.454. The Hall–Kier alpha value is -3.84. The third-order valence-corrected chi connectivity index (χ3v) is 7.78. The molecule has 13 heteroatoms. The van der Waals surface area contributed by atoms with E-state index in [1.807, 2.05) is 6.07 Å². The Morgan fingerprint density at radius 2 is 1.80 bits per heavy atom. The molecule has 2 heterocycles. The first-order chi connectivity index (χ1) is 16.6. The zero-order chi connectivity index (χ0) is 25.3. The van der Waals surface area contributed by atoms with Crippen LogP contribution in [0.3, 0.4) is 0 Å². The van der Waals surface area contributed by atoms with Gasteiger partial charge in [-0.05, 0) is 43.3 Å². The molecule has 1 aliphatic rings. The number of sulfonamides is 1. The van der Waals surface area contributed by atoms with E-state index < -0.39 is 39.3 Å². The number of hydrogen-bond donors (Lipinski definition) is 3. The summed E-state index contributed by atoms with van der Waals surface area (Å²) < 4.78 is 55.9. The number of hydrogen-bond acceptors (Lipinski definition) is 7. The van der Waals surface area contributed by atoms with Crippen LogP contribution in [0.4, 0.5) is 30.6 Å². The molecule has 0 saturated carbocycles. The molecule has 0 bridgehead atoms. The number of thiophene rings is 1. The van der Waals surface area contributed by atoms with Gasteiger partial charge >= 0.3 is 6.03 Å². The van der Waals surface area contributed by atoms with Crippen LogP contribution in [0.1, 0.15) is 16.9 Å². The standard InChI is InChI=1S/C22H19F2N5O4S2/c1-12-6-7-20(34-12)35(32,33)28-22(31)26-15-9-16(23)21(17(24)10-15)29-19(30)11-18(27-29)13-4-3-5-14(8-13)25-2/h3-10,25H,11H2,1-2H3,(H2,26,28,31). The van der Waals surface area contributed by atoms with E-state index in [-0.39, 0.29) is 16.3 Å². The van der Waals surface area contributed by atoms with E-state index in [1.165, 1.54) is 6.07 Å². The second-order valence-corrected chi connectivity index (χ2v) is 10.7. The number of aryl methyl sites for hydroxylation is 1. The second kappa shape index (κ2) is 9.43. The molecule has 2 aromatic carbocycles. The fourth-order valence-electron chi connectivity index (χ4n) is 3.34. The molecule has 0 spiro atoms. The molecule has 4 rings (SSSR count). The number of rotatable bonds is 6. The Labute approximate surface area is 203 Å². The summed E-state index contributed by atoms with van der Waals surface area (Å²) in [4.78, 5) is 25.4. The first-order valence-corrected chi connectivity index (χ1v) is 12.5. The van der Waals surface area contributed by atoms with Crippen molar-refractivity contribution in [3.63, 3.8) is 0 Å². The third kappa shape index (κ3) is 5.15. The number of hydrazone groups is 1. The van der Waals surface area contributed by atoms with Gasteiger partial charge in [0.05, 0.1) is 12.1 Å². The summed E-state index contributed by atoms with van der Waals surface area (Å²) in [6.07, 6.45) is -0.158. The van der Waals surface area contributed by atoms with E-state index in [0.717, 1.165) is 34.0 Å². The molecule has 3 amide bonds. The van der Waals surface area contributed by atoms with Crippen LogP contribution in [-0.2, 0) is 14.8 Å². The molecule has 0 saturated heterocycles. The van der Waals surface area contributed by atoms with Crippen molar-refractivity contribution >= 4 is 56.1 Å². The van der Waals surface area contributed by atoms with Gasteiger partial charge in [0.15, 0.2) is 11.6 Å². The maximum atomic E-state index is 14.8. The number of nitrogens with one attached hydrogen (secondary N) is 3. The molecular weight excluding hydrogens is 500 g/mol. The van der Waals surface area contributed by atoms with E-state index in [1.54, 1.807) is 43.0 Å². The molecule has 0 atom stereocenters. The number of carbonyl (C=O) groups is 2. The van der Waals surface area contributed by atoms with Crippen LogP contribution in [0, 0.1) is 18.6 Å². The average molecular weight is 520 g/mol. The van der Waals surface area contributed by atoms with Crippen molar-refractivity contribution in [1.82, 2.24) is 4.72 Å². The van der Waals surface area contributed by atoms with E-state index in [9.17, 15) is 26.8 Å². The van der Waals surface area contributed by atoms with Gasteiger partial charge in [-0.25, -0.2) is 26.7 Å². The number of urea groups is 1. The van der Waals surface area contributed by atoms with Crippen molar-refractivity contribution in [2.24, 2.45) is 5.10 Å². The average Bonchev–Trinajstić information content (AvgIpc) is 3.39. The summed E-state index contributed by atoms with van der Waals surface area (Å²) in [5, 5.41) is 9.78. The van der Waals surface area contributed by atoms with Gasteiger partial charge in [0.2, 0.25) is 0 Å². The van der Waals surface area contributed by atoms with Crippen LogP contribution in [-0.4, -0.2) is 33.1 Å². The monoisotopic (exact) mass is 519 g/mol. The lowest BCUT2D eigenvalue weighted by Gasteiger charge is -2.15. The highest BCUT2D eigenvalue weighted by Crippen LogP contribution is 2.31. The highest BCUT2D eigenvalue weighted by atomic mass is 32.2. The smallest absolute Gasteiger partial charge is 0.333 e. The fourth-order valence-corrected chi connectivity index (χ4v) is 5.53. The van der Waals surface area contributed by atoms with Gasteiger partial charge in [-0.15, -0.1) is 11.3 Å². The molecule has 0 aliphatic carbocycles. The zero-order valence-corrected chi connectivity index (χ0v) is 20.1. The molecule has 3 aromatic rings. The highest BCUT2D eigenvalue weighted by Gasteiger charge is 2.31. The van der Waals surface area contributed by atoms with Crippen LogP contribution in [0.25, 0.3) is 0 Å². The van der Waals surface area contributed by atoms with Crippen LogP contribution >= 0.6 is 11.3 Å². The Kier molecular flexibility index (Phi) is 6.54. The maximum Gasteiger partial charge on any atom is 0.333 e. The Balaban J connectivity index is 1.54. The molecule has 182 valence electrons. The van der Waals surface area contributed by atoms with Crippen molar-refractivity contribution in [3.8, 4) is 0 Å². The molecular formula is C22H19F2N5O4S2. The molecule has 1 aliphatic heterocycles. The SMILES string of the molecule is CNc1cccc(C2=NN(c3c(F)cc(NC(=O)NS(=O)(=O)c4ccc(C)s4)cc3F)C(=O)C2)c1. The second-order valence-electron chi connectivity index (χ2n) is 7.47. The van der Waals surface area contributed by atoms with Crippen molar-refractivity contribution < 1.29 is 26.8 Å². The minimum absolute atomic E-state index is 0.0840. The highest BCUT2D eigenvalue weighted by molar-refractivity contribution is 7.92. The number of amides is 3. The number of benzene rings is 2. The topological polar surface area (TPSA) is 120 Å². The van der Waals surface area contributed by atoms with Gasteiger partial charge in [0.25, 0.3) is 15.9 Å². The Bertz CT molecular complexity index is 1450. The van der Waals surface area contributed by atoms with Crippen molar-refractivity contribution in [3.05, 3.63) is 70.6 Å². The summed E-state index contributed by atoms with van der Waals surface area (Å²) in [5.41, 5.74) is 0.671. The third-order valence-electron chi connectivity index (χ3n) is 4.95. The summed E-state index contributed by atoms with van der Waals surface area (Å²) in [6.45, 7) is 1.70. The van der Waals surface area contributed by atoms with Crippen LogP contribution in [0.15, 0.2) is 57.8 Å². The molecule has 0 unspecified atom stereocenters. The predicted octanol–water partition coefficient (Wildman–Crippen LogP) is 4.03. The van der Waals surface area contributed by atoms with Crippen LogP contribution in [0.2, 0.25) is 0 Å². The molecule has 35 heavy (non-hydrogen) atoms. The first-order valence-electron chi connectivity index (χ1n) is 10.2. The van der Waals surface area contributed by atoms with Crippen LogP contribution in [0.5, 0.6) is 0 Å². The zero-order valence-electron chi connectivity index (χ0n) is 18.4. The largest absolute Gasteiger partial charge is 0.388 e. The molecule has 3 N–H and O–H groups in total. The van der Waals surface area contributed by atoms with Gasteiger partial charge in [-0.3, -0.25) is 4.79 Å². The number of anilines is 3. The minimum Gasteiger partial charge on any atom is -0.388 e. The van der Waals surface area contributed by atoms with Crippen molar-refractivity contribution in [1.29, 1.82) is 0 Å². The summed E-state index contributed by atoms with van der Waals surface area (Å²) >= 11 is 0.961. The lowest BCUT2D eigenvalue weighted by molar-refractivity contribution is -0.117. The predicted molar refractivity (Wildman–Crippen MR) is 129 cm³/mol. The normalized spacial score (nSPS) is 13.5. The van der Waals surface area contributed by atoms with Crippen molar-refractivity contribution in [2.45, 2.75) is 17.6 Å². The van der Waals surface area contributed by atoms with E-state index in [4.69, 9.17) is 0 Å². The van der Waals surface area contributed by atoms with Gasteiger partial charge in [0.1, 0.15) is 9.90 Å². The first kappa shape index (κ1) is 24.3. The van der Waals surface area contributed by atoms with Gasteiger partial charge in [-0.1, -0.05) is 12.1 Å². The van der Waals surface area contributed by atoms with E-state index in [0.29, 0.717) is 16.3 Å². The Morgan fingerprint density at radius 3 is 2.43 bits per heavy atom. The molecule has 0 fully saturated rings. The van der Waals surface area contributed by atoms with Crippen LogP contribution < -0.4 is 20.4 Å². The minimum atomic E-state index is -4.15. The van der Waals surface area contributed by atoms with Gasteiger partial charge in [-0.2, -0.15) is 10.1 Å². The fraction of sp³-hybridized carbons (Fsp3) is 0.136. The summed E-state index contributed by atoms with van der Waals surface area (Å²) in [7, 11) is -2.42. The number of halogens is 2. The maximum absolute atomic E-state index is 14.8. The van der Waals surface area contributed by atoms with Crippen molar-refractivity contribution in [2.75, 3.05) is 22.7 Å². The summed E-state index contributed by atoms with van der Waals surface area (Å²) in [5.74, 6) is -2.97. The Morgan fingerprint density at radius 1 is 1.09 bits per heavy atom.